The van der Waals surface area contributed by atoms with Gasteiger partial charge in [0.25, 0.3) is 0 Å². The number of benzene rings is 3. The van der Waals surface area contributed by atoms with Gasteiger partial charge in [-0.25, -0.2) is 0 Å². The predicted molar refractivity (Wildman–Crippen MR) is 130 cm³/mol. The van der Waals surface area contributed by atoms with Crippen LogP contribution in [0.5, 0.6) is 5.75 Å². The van der Waals surface area contributed by atoms with Gasteiger partial charge in [-0.15, -0.1) is 0 Å². The SMILES string of the molecule is CC1CCCC1C1Cc2cc(O)c3cc(N4CCCCC4)ccc3c2-c2ccccc21. The highest BCUT2D eigenvalue weighted by molar-refractivity contribution is 6.04. The first-order valence-corrected chi connectivity index (χ1v) is 12.3. The fraction of sp³-hybridized carbons (Fsp3) is 0.448. The van der Waals surface area contributed by atoms with Crippen molar-refractivity contribution in [2.75, 3.05) is 18.0 Å². The summed E-state index contributed by atoms with van der Waals surface area (Å²) in [4.78, 5) is 2.48. The van der Waals surface area contributed by atoms with Gasteiger partial charge in [0.1, 0.15) is 5.75 Å². The molecule has 2 fully saturated rings. The second-order valence-corrected chi connectivity index (χ2v) is 10.2. The summed E-state index contributed by atoms with van der Waals surface area (Å²) in [5, 5.41) is 13.3. The largest absolute Gasteiger partial charge is 0.507 e. The first kappa shape index (κ1) is 19.2. The molecule has 2 nitrogen and oxygen atoms in total. The van der Waals surface area contributed by atoms with Crippen LogP contribution < -0.4 is 4.90 Å². The number of phenolic OH excluding ortho intramolecular Hbond substituents is 1. The molecule has 0 amide bonds. The Morgan fingerprint density at radius 3 is 2.52 bits per heavy atom. The van der Waals surface area contributed by atoms with Crippen molar-refractivity contribution in [1.82, 2.24) is 0 Å². The number of fused-ring (bicyclic) bond motifs is 5. The van der Waals surface area contributed by atoms with E-state index in [2.05, 4.69) is 60.4 Å². The Kier molecular flexibility index (Phi) is 4.70. The number of phenols is 1. The number of piperidine rings is 1. The lowest BCUT2D eigenvalue weighted by Gasteiger charge is -2.35. The fourth-order valence-electron chi connectivity index (χ4n) is 6.83. The Labute approximate surface area is 185 Å². The zero-order chi connectivity index (χ0) is 20.9. The van der Waals surface area contributed by atoms with Crippen molar-refractivity contribution in [3.63, 3.8) is 0 Å². The minimum Gasteiger partial charge on any atom is -0.507 e. The monoisotopic (exact) mass is 411 g/mol. The van der Waals surface area contributed by atoms with E-state index in [4.69, 9.17) is 0 Å². The fourth-order valence-corrected chi connectivity index (χ4v) is 6.83. The molecule has 1 heterocycles. The molecule has 31 heavy (non-hydrogen) atoms. The summed E-state index contributed by atoms with van der Waals surface area (Å²) in [5.41, 5.74) is 6.86. The smallest absolute Gasteiger partial charge is 0.123 e. The van der Waals surface area contributed by atoms with Crippen LogP contribution >= 0.6 is 0 Å². The Bertz CT molecular complexity index is 1130. The summed E-state index contributed by atoms with van der Waals surface area (Å²) in [6.07, 6.45) is 8.98. The molecule has 6 rings (SSSR count). The minimum atomic E-state index is 0.449. The quantitative estimate of drug-likeness (QED) is 0.479. The number of hydrogen-bond donors (Lipinski definition) is 1. The summed E-state index contributed by atoms with van der Waals surface area (Å²) in [6.45, 7) is 4.69. The van der Waals surface area contributed by atoms with Crippen LogP contribution in [0.15, 0.2) is 48.5 Å². The highest BCUT2D eigenvalue weighted by Crippen LogP contribution is 2.52. The molecule has 1 saturated heterocycles. The lowest BCUT2D eigenvalue weighted by molar-refractivity contribution is 0.341. The molecule has 160 valence electrons. The predicted octanol–water partition coefficient (Wildman–Crippen LogP) is 7.28. The highest BCUT2D eigenvalue weighted by Gasteiger charge is 2.36. The first-order chi connectivity index (χ1) is 15.2. The molecule has 1 aliphatic heterocycles. The van der Waals surface area contributed by atoms with E-state index in [-0.39, 0.29) is 0 Å². The zero-order valence-electron chi connectivity index (χ0n) is 18.6. The van der Waals surface area contributed by atoms with Crippen LogP contribution in [0.2, 0.25) is 0 Å². The molecule has 2 aliphatic carbocycles. The molecule has 3 aliphatic rings. The lowest BCUT2D eigenvalue weighted by atomic mass is 9.69. The Hall–Kier alpha value is -2.48. The van der Waals surface area contributed by atoms with Gasteiger partial charge in [-0.1, -0.05) is 50.1 Å². The Morgan fingerprint density at radius 1 is 0.871 bits per heavy atom. The normalized spacial score (nSPS) is 25.5. The van der Waals surface area contributed by atoms with E-state index in [0.717, 1.165) is 36.7 Å². The number of hydrogen-bond acceptors (Lipinski definition) is 2. The van der Waals surface area contributed by atoms with Crippen LogP contribution in [0.25, 0.3) is 21.9 Å². The van der Waals surface area contributed by atoms with Gasteiger partial charge >= 0.3 is 0 Å². The molecular formula is C29H33NO. The lowest BCUT2D eigenvalue weighted by Crippen LogP contribution is -2.29. The number of nitrogens with zero attached hydrogens (tertiary/aromatic N) is 1. The van der Waals surface area contributed by atoms with E-state index in [9.17, 15) is 5.11 Å². The van der Waals surface area contributed by atoms with Gasteiger partial charge in [0.05, 0.1) is 0 Å². The molecule has 3 atom stereocenters. The average Bonchev–Trinajstić information content (AvgIpc) is 3.24. The minimum absolute atomic E-state index is 0.449. The van der Waals surface area contributed by atoms with Gasteiger partial charge < -0.3 is 10.0 Å². The van der Waals surface area contributed by atoms with Crippen molar-refractivity contribution in [2.24, 2.45) is 11.8 Å². The van der Waals surface area contributed by atoms with Crippen LogP contribution in [0, 0.1) is 11.8 Å². The summed E-state index contributed by atoms with van der Waals surface area (Å²) in [7, 11) is 0. The number of anilines is 1. The number of rotatable bonds is 2. The van der Waals surface area contributed by atoms with Crippen LogP contribution in [-0.4, -0.2) is 18.2 Å². The maximum absolute atomic E-state index is 11.1. The third-order valence-electron chi connectivity index (χ3n) is 8.42. The van der Waals surface area contributed by atoms with Crippen molar-refractivity contribution in [3.8, 4) is 16.9 Å². The molecule has 3 aromatic rings. The van der Waals surface area contributed by atoms with Crippen molar-refractivity contribution in [2.45, 2.75) is 57.8 Å². The van der Waals surface area contributed by atoms with Crippen molar-refractivity contribution >= 4 is 16.5 Å². The number of aromatic hydroxyl groups is 1. The third-order valence-corrected chi connectivity index (χ3v) is 8.42. The maximum atomic E-state index is 11.1. The van der Waals surface area contributed by atoms with E-state index in [1.54, 1.807) is 0 Å². The Balaban J connectivity index is 1.50. The van der Waals surface area contributed by atoms with Gasteiger partial charge in [0, 0.05) is 24.2 Å². The second-order valence-electron chi connectivity index (χ2n) is 10.2. The third kappa shape index (κ3) is 3.14. The average molecular weight is 412 g/mol. The second kappa shape index (κ2) is 7.58. The van der Waals surface area contributed by atoms with E-state index in [0.29, 0.717) is 11.7 Å². The van der Waals surface area contributed by atoms with Crippen molar-refractivity contribution < 1.29 is 5.11 Å². The van der Waals surface area contributed by atoms with Crippen LogP contribution in [0.1, 0.15) is 62.5 Å². The molecule has 3 unspecified atom stereocenters. The molecule has 0 radical (unpaired) electrons. The van der Waals surface area contributed by atoms with Crippen LogP contribution in [0.4, 0.5) is 5.69 Å². The van der Waals surface area contributed by atoms with E-state index in [1.165, 1.54) is 71.9 Å². The van der Waals surface area contributed by atoms with Crippen LogP contribution in [-0.2, 0) is 6.42 Å². The van der Waals surface area contributed by atoms with Gasteiger partial charge in [0.15, 0.2) is 0 Å². The molecule has 0 aromatic heterocycles. The summed E-state index contributed by atoms with van der Waals surface area (Å²) >= 11 is 0. The molecule has 1 saturated carbocycles. The highest BCUT2D eigenvalue weighted by atomic mass is 16.3. The molecule has 2 heteroatoms. The Morgan fingerprint density at radius 2 is 1.71 bits per heavy atom. The van der Waals surface area contributed by atoms with E-state index < -0.39 is 0 Å². The molecule has 3 aromatic carbocycles. The molecular weight excluding hydrogens is 378 g/mol. The summed E-state index contributed by atoms with van der Waals surface area (Å²) in [6, 6.07) is 17.9. The summed E-state index contributed by atoms with van der Waals surface area (Å²) < 4.78 is 0. The first-order valence-electron chi connectivity index (χ1n) is 12.3. The standard InChI is InChI=1S/C29H33NO/c1-19-8-7-11-22(19)26-16-20-17-28(31)27-18-21(30-14-5-2-6-15-30)12-13-25(27)29(20)24-10-4-3-9-23(24)26/h3-4,9-10,12-13,17-19,22,26,31H,2,5-8,11,14-16H2,1H3. The van der Waals surface area contributed by atoms with Gasteiger partial charge in [-0.3, -0.25) is 0 Å². The van der Waals surface area contributed by atoms with Crippen molar-refractivity contribution in [1.29, 1.82) is 0 Å². The zero-order valence-corrected chi connectivity index (χ0v) is 18.6. The van der Waals surface area contributed by atoms with Crippen molar-refractivity contribution in [3.05, 3.63) is 59.7 Å². The summed E-state index contributed by atoms with van der Waals surface area (Å²) in [5.74, 6) is 2.57. The molecule has 1 N–H and O–H groups in total. The van der Waals surface area contributed by atoms with E-state index >= 15 is 0 Å². The van der Waals surface area contributed by atoms with E-state index in [1.807, 2.05) is 0 Å². The topological polar surface area (TPSA) is 23.5 Å². The molecule has 0 bridgehead atoms. The van der Waals surface area contributed by atoms with Crippen LogP contribution in [0.3, 0.4) is 0 Å². The maximum Gasteiger partial charge on any atom is 0.123 e. The molecule has 0 spiro atoms. The van der Waals surface area contributed by atoms with Gasteiger partial charge in [-0.2, -0.15) is 0 Å². The van der Waals surface area contributed by atoms with Gasteiger partial charge in [-0.05, 0) is 95.7 Å². The van der Waals surface area contributed by atoms with Gasteiger partial charge in [0.2, 0.25) is 0 Å².